The summed E-state index contributed by atoms with van der Waals surface area (Å²) in [5, 5.41) is 12.6. The van der Waals surface area contributed by atoms with Crippen LogP contribution in [0.25, 0.3) is 0 Å². The summed E-state index contributed by atoms with van der Waals surface area (Å²) < 4.78 is 10.9. The second kappa shape index (κ2) is 9.94. The van der Waals surface area contributed by atoms with Crippen LogP contribution in [0.4, 0.5) is 0 Å². The third-order valence-electron chi connectivity index (χ3n) is 4.83. The normalized spacial score (nSPS) is 17.6. The molecule has 1 aliphatic carbocycles. The average Bonchev–Trinajstić information content (AvgIpc) is 2.64. The summed E-state index contributed by atoms with van der Waals surface area (Å²) >= 11 is 0. The number of rotatable bonds is 9. The van der Waals surface area contributed by atoms with Crippen LogP contribution in [0, 0.1) is 5.21 Å². The molecule has 0 radical (unpaired) electrons. The van der Waals surface area contributed by atoms with Crippen molar-refractivity contribution in [3.05, 3.63) is 47.7 Å². The molecule has 1 fully saturated rings. The molecule has 2 rings (SSSR count). The first kappa shape index (κ1) is 21.5. The monoisotopic (exact) mass is 390 g/mol. The van der Waals surface area contributed by atoms with Crippen molar-refractivity contribution in [2.24, 2.45) is 0 Å². The number of methoxy groups -OCH3 is 1. The Kier molecular flexibility index (Phi) is 7.92. The van der Waals surface area contributed by atoms with Crippen LogP contribution in [-0.4, -0.2) is 44.0 Å². The molecule has 0 bridgehead atoms. The molecule has 150 valence electrons. The van der Waals surface area contributed by atoms with E-state index in [0.29, 0.717) is 10.9 Å². The maximum absolute atomic E-state index is 12.6. The van der Waals surface area contributed by atoms with Crippen LogP contribution >= 0.6 is 0 Å². The van der Waals surface area contributed by atoms with E-state index in [-0.39, 0.29) is 6.04 Å². The lowest BCUT2D eigenvalue weighted by atomic mass is 9.92. The van der Waals surface area contributed by atoms with E-state index in [1.165, 1.54) is 19.3 Å². The molecule has 1 atom stereocenters. The minimum atomic E-state index is -1.97. The Morgan fingerprint density at radius 3 is 2.37 bits per heavy atom. The summed E-state index contributed by atoms with van der Waals surface area (Å²) in [6, 6.07) is 8.23. The predicted octanol–water partition coefficient (Wildman–Crippen LogP) is 4.90. The van der Waals surface area contributed by atoms with Gasteiger partial charge in [-0.2, -0.15) is 0 Å². The Labute approximate surface area is 165 Å². The van der Waals surface area contributed by atoms with Gasteiger partial charge in [-0.15, -0.1) is 6.58 Å². The van der Waals surface area contributed by atoms with Gasteiger partial charge in [-0.25, -0.2) is 0 Å². The second-order valence-corrected chi connectivity index (χ2v) is 12.5. The van der Waals surface area contributed by atoms with Crippen LogP contribution in [0.1, 0.15) is 43.7 Å². The third kappa shape index (κ3) is 6.70. The minimum absolute atomic E-state index is 0.161. The number of ether oxygens (including phenoxy) is 1. The van der Waals surface area contributed by atoms with Crippen molar-refractivity contribution in [3.63, 3.8) is 0 Å². The molecule has 0 heterocycles. The van der Waals surface area contributed by atoms with Gasteiger partial charge in [0.05, 0.1) is 7.11 Å². The molecule has 1 aromatic carbocycles. The molecular formula is C21H34N2O3Si. The molecule has 0 saturated heterocycles. The molecule has 1 saturated carbocycles. The third-order valence-corrected chi connectivity index (χ3v) is 5.55. The summed E-state index contributed by atoms with van der Waals surface area (Å²) in [6.45, 7) is 10.7. The van der Waals surface area contributed by atoms with Gasteiger partial charge in [0.1, 0.15) is 11.8 Å². The summed E-state index contributed by atoms with van der Waals surface area (Å²) in [4.78, 5) is 3.06. The van der Waals surface area contributed by atoms with Crippen LogP contribution in [0.3, 0.4) is 0 Å². The first-order valence-corrected chi connectivity index (χ1v) is 13.3. The van der Waals surface area contributed by atoms with Crippen molar-refractivity contribution in [3.8, 4) is 5.75 Å². The fourth-order valence-corrected chi connectivity index (χ4v) is 4.23. The molecule has 5 nitrogen and oxygen atoms in total. The first-order valence-electron chi connectivity index (χ1n) is 9.85. The topological polar surface area (TPSA) is 47.8 Å². The lowest BCUT2D eigenvalue weighted by Gasteiger charge is -2.37. The summed E-state index contributed by atoms with van der Waals surface area (Å²) in [5.74, 6) is 0.808. The maximum atomic E-state index is 12.6. The van der Waals surface area contributed by atoms with Crippen LogP contribution in [0.15, 0.2) is 36.9 Å². The highest BCUT2D eigenvalue weighted by molar-refractivity contribution is 6.69. The summed E-state index contributed by atoms with van der Waals surface area (Å²) in [5.41, 5.74) is 1.06. The molecule has 1 aliphatic rings. The highest BCUT2D eigenvalue weighted by atomic mass is 28.4. The zero-order valence-electron chi connectivity index (χ0n) is 17.2. The van der Waals surface area contributed by atoms with E-state index in [2.05, 4.69) is 11.5 Å². The van der Waals surface area contributed by atoms with Gasteiger partial charge in [-0.3, -0.25) is 10.1 Å². The van der Waals surface area contributed by atoms with Gasteiger partial charge in [0, 0.05) is 17.5 Å². The van der Waals surface area contributed by atoms with E-state index >= 15 is 0 Å². The van der Waals surface area contributed by atoms with E-state index in [9.17, 15) is 5.21 Å². The van der Waals surface area contributed by atoms with Gasteiger partial charge >= 0.3 is 0 Å². The molecule has 0 spiro atoms. The molecule has 27 heavy (non-hydrogen) atoms. The van der Waals surface area contributed by atoms with E-state index in [1.807, 2.05) is 50.0 Å². The number of benzene rings is 1. The molecule has 0 aliphatic heterocycles. The molecule has 0 amide bonds. The number of hydrogen-bond donors (Lipinski definition) is 0. The van der Waals surface area contributed by atoms with Crippen molar-refractivity contribution in [1.82, 2.24) is 4.90 Å². The lowest BCUT2D eigenvalue weighted by molar-refractivity contribution is -0.701. The van der Waals surface area contributed by atoms with Crippen molar-refractivity contribution < 1.29 is 14.2 Å². The molecular weight excluding hydrogens is 356 g/mol. The Hall–Kier alpha value is -1.79. The van der Waals surface area contributed by atoms with Gasteiger partial charge in [-0.05, 0) is 30.5 Å². The van der Waals surface area contributed by atoms with Crippen molar-refractivity contribution in [2.75, 3.05) is 13.7 Å². The average molecular weight is 391 g/mol. The standard InChI is InChI=1S/C21H34N2O3Si/c1-6-16-22(19-10-8-7-9-11-19)21(17-23(24)26-27(3,4)5)18-12-14-20(25-2)15-13-18/h6,12-15,17,19,21H,1,7-11,16H2,2-5H3/b23-17+. The van der Waals surface area contributed by atoms with E-state index in [0.717, 1.165) is 30.7 Å². The van der Waals surface area contributed by atoms with Crippen molar-refractivity contribution in [2.45, 2.75) is 63.8 Å². The van der Waals surface area contributed by atoms with Gasteiger partial charge in [-0.1, -0.05) is 57.1 Å². The van der Waals surface area contributed by atoms with Crippen LogP contribution in [0.2, 0.25) is 19.6 Å². The molecule has 0 N–H and O–H groups in total. The predicted molar refractivity (Wildman–Crippen MR) is 114 cm³/mol. The van der Waals surface area contributed by atoms with Crippen LogP contribution in [0.5, 0.6) is 5.75 Å². The Balaban J connectivity index is 2.38. The zero-order chi connectivity index (χ0) is 19.9. The summed E-state index contributed by atoms with van der Waals surface area (Å²) in [7, 11) is -0.314. The minimum Gasteiger partial charge on any atom is -0.497 e. The summed E-state index contributed by atoms with van der Waals surface area (Å²) in [6.07, 6.45) is 9.66. The van der Waals surface area contributed by atoms with Crippen molar-refractivity contribution >= 4 is 14.5 Å². The zero-order valence-corrected chi connectivity index (χ0v) is 18.2. The molecule has 1 unspecified atom stereocenters. The van der Waals surface area contributed by atoms with Gasteiger partial charge in [0.2, 0.25) is 6.21 Å². The SMILES string of the molecule is C=CCN(C1CCCCC1)C(/C=[N+](\[O-])O[Si](C)(C)C)c1ccc(OC)cc1. The smallest absolute Gasteiger partial charge is 0.230 e. The molecule has 6 heteroatoms. The van der Waals surface area contributed by atoms with Gasteiger partial charge in [0.15, 0.2) is 8.32 Å². The van der Waals surface area contributed by atoms with Crippen molar-refractivity contribution in [1.29, 1.82) is 0 Å². The molecule has 1 aromatic rings. The first-order chi connectivity index (χ1) is 12.8. The Bertz CT molecular complexity index is 619. The number of nitrogens with zero attached hydrogens (tertiary/aromatic N) is 2. The van der Waals surface area contributed by atoms with E-state index in [1.54, 1.807) is 13.3 Å². The van der Waals surface area contributed by atoms with Crippen LogP contribution < -0.4 is 4.74 Å². The lowest BCUT2D eigenvalue weighted by Crippen LogP contribution is -2.42. The second-order valence-electron chi connectivity index (χ2n) is 8.13. The Morgan fingerprint density at radius 1 is 1.22 bits per heavy atom. The fourth-order valence-electron chi connectivity index (χ4n) is 3.63. The highest BCUT2D eigenvalue weighted by Gasteiger charge is 2.30. The maximum Gasteiger partial charge on any atom is 0.230 e. The largest absolute Gasteiger partial charge is 0.497 e. The Morgan fingerprint density at radius 2 is 1.85 bits per heavy atom. The quantitative estimate of drug-likeness (QED) is 0.198. The van der Waals surface area contributed by atoms with Gasteiger partial charge in [0.25, 0.3) is 0 Å². The van der Waals surface area contributed by atoms with E-state index < -0.39 is 8.32 Å². The number of hydrogen-bond acceptors (Lipinski definition) is 4. The van der Waals surface area contributed by atoms with Gasteiger partial charge < -0.3 is 9.26 Å². The fraction of sp³-hybridized carbons (Fsp3) is 0.571. The molecule has 0 aromatic heterocycles. The highest BCUT2D eigenvalue weighted by Crippen LogP contribution is 2.30. The van der Waals surface area contributed by atoms with Crippen LogP contribution in [-0.2, 0) is 4.53 Å². The van der Waals surface area contributed by atoms with E-state index in [4.69, 9.17) is 9.26 Å².